The Bertz CT molecular complexity index is 358. The molecule has 1 aromatic carbocycles. The standard InChI is InChI=1S/C13H22N2O3/c1-3-6-18-13-7-10(4-5-12(13)14)15-11(8-16)9-17-2/h4-5,7,11,15-16H,3,6,8-9,14H2,1-2H3. The highest BCUT2D eigenvalue weighted by atomic mass is 16.5. The molecular weight excluding hydrogens is 232 g/mol. The number of nitrogen functional groups attached to an aromatic ring is 1. The molecule has 0 heterocycles. The fourth-order valence-electron chi connectivity index (χ4n) is 1.54. The number of methoxy groups -OCH3 is 1. The first kappa shape index (κ1) is 14.6. The van der Waals surface area contributed by atoms with E-state index in [4.69, 9.17) is 15.2 Å². The summed E-state index contributed by atoms with van der Waals surface area (Å²) in [7, 11) is 1.60. The average Bonchev–Trinajstić information content (AvgIpc) is 2.38. The number of aliphatic hydroxyl groups excluding tert-OH is 1. The van der Waals surface area contributed by atoms with E-state index in [1.54, 1.807) is 13.2 Å². The quantitative estimate of drug-likeness (QED) is 0.612. The van der Waals surface area contributed by atoms with Gasteiger partial charge in [-0.1, -0.05) is 6.92 Å². The summed E-state index contributed by atoms with van der Waals surface area (Å²) in [6, 6.07) is 5.34. The molecule has 1 unspecified atom stereocenters. The van der Waals surface area contributed by atoms with Gasteiger partial charge in [0.05, 0.1) is 31.5 Å². The van der Waals surface area contributed by atoms with Crippen LogP contribution in [-0.4, -0.2) is 38.1 Å². The van der Waals surface area contributed by atoms with Gasteiger partial charge >= 0.3 is 0 Å². The highest BCUT2D eigenvalue weighted by Gasteiger charge is 2.08. The number of anilines is 2. The zero-order valence-electron chi connectivity index (χ0n) is 11.0. The van der Waals surface area contributed by atoms with Gasteiger partial charge in [-0.05, 0) is 18.6 Å². The summed E-state index contributed by atoms with van der Waals surface area (Å²) in [5.41, 5.74) is 7.29. The number of rotatable bonds is 8. The van der Waals surface area contributed by atoms with Gasteiger partial charge in [0.25, 0.3) is 0 Å². The Hall–Kier alpha value is -1.46. The van der Waals surface area contributed by atoms with Crippen LogP contribution in [0.15, 0.2) is 18.2 Å². The molecule has 0 bridgehead atoms. The lowest BCUT2D eigenvalue weighted by atomic mass is 10.2. The van der Waals surface area contributed by atoms with E-state index in [2.05, 4.69) is 5.32 Å². The van der Waals surface area contributed by atoms with Crippen LogP contribution in [0.2, 0.25) is 0 Å². The zero-order chi connectivity index (χ0) is 13.4. The van der Waals surface area contributed by atoms with E-state index in [9.17, 15) is 5.11 Å². The van der Waals surface area contributed by atoms with Crippen molar-refractivity contribution < 1.29 is 14.6 Å². The summed E-state index contributed by atoms with van der Waals surface area (Å²) in [5.74, 6) is 0.663. The Kier molecular flexibility index (Phi) is 6.32. The van der Waals surface area contributed by atoms with Crippen LogP contribution in [0.1, 0.15) is 13.3 Å². The number of hydrogen-bond acceptors (Lipinski definition) is 5. The van der Waals surface area contributed by atoms with Gasteiger partial charge in [0.2, 0.25) is 0 Å². The molecule has 0 fully saturated rings. The molecule has 0 aliphatic carbocycles. The molecular formula is C13H22N2O3. The number of benzene rings is 1. The van der Waals surface area contributed by atoms with Crippen molar-refractivity contribution in [3.8, 4) is 5.75 Å². The van der Waals surface area contributed by atoms with Gasteiger partial charge in [-0.2, -0.15) is 0 Å². The van der Waals surface area contributed by atoms with Crippen LogP contribution >= 0.6 is 0 Å². The third-order valence-corrected chi connectivity index (χ3v) is 2.43. The first-order valence-corrected chi connectivity index (χ1v) is 6.09. The van der Waals surface area contributed by atoms with E-state index in [0.29, 0.717) is 24.7 Å². The fourth-order valence-corrected chi connectivity index (χ4v) is 1.54. The van der Waals surface area contributed by atoms with Crippen molar-refractivity contribution in [3.05, 3.63) is 18.2 Å². The summed E-state index contributed by atoms with van der Waals surface area (Å²) in [4.78, 5) is 0. The molecule has 0 aliphatic rings. The first-order valence-electron chi connectivity index (χ1n) is 6.09. The fraction of sp³-hybridized carbons (Fsp3) is 0.538. The maximum Gasteiger partial charge on any atom is 0.144 e. The number of nitrogens with two attached hydrogens (primary N) is 1. The van der Waals surface area contributed by atoms with Crippen LogP contribution in [0, 0.1) is 0 Å². The third-order valence-electron chi connectivity index (χ3n) is 2.43. The number of aliphatic hydroxyl groups is 1. The second-order valence-electron chi connectivity index (χ2n) is 4.08. The van der Waals surface area contributed by atoms with E-state index < -0.39 is 0 Å². The highest BCUT2D eigenvalue weighted by molar-refractivity contribution is 5.61. The third kappa shape index (κ3) is 4.43. The van der Waals surface area contributed by atoms with Crippen LogP contribution in [0.4, 0.5) is 11.4 Å². The SMILES string of the molecule is CCCOc1cc(NC(CO)COC)ccc1N. The molecule has 0 aromatic heterocycles. The van der Waals surface area contributed by atoms with Gasteiger partial charge < -0.3 is 25.6 Å². The van der Waals surface area contributed by atoms with E-state index in [-0.39, 0.29) is 12.6 Å². The molecule has 102 valence electrons. The molecule has 5 nitrogen and oxygen atoms in total. The Morgan fingerprint density at radius 1 is 1.44 bits per heavy atom. The summed E-state index contributed by atoms with van der Waals surface area (Å²) in [6.07, 6.45) is 0.931. The van der Waals surface area contributed by atoms with Gasteiger partial charge in [-0.15, -0.1) is 0 Å². The highest BCUT2D eigenvalue weighted by Crippen LogP contribution is 2.26. The molecule has 0 saturated carbocycles. The molecule has 0 saturated heterocycles. The van der Waals surface area contributed by atoms with Crippen molar-refractivity contribution in [1.29, 1.82) is 0 Å². The molecule has 1 rings (SSSR count). The van der Waals surface area contributed by atoms with Gasteiger partial charge in [0.15, 0.2) is 0 Å². The van der Waals surface area contributed by atoms with Crippen LogP contribution in [0.3, 0.4) is 0 Å². The van der Waals surface area contributed by atoms with Gasteiger partial charge in [-0.3, -0.25) is 0 Å². The molecule has 1 aromatic rings. The molecule has 0 amide bonds. The minimum absolute atomic E-state index is 0.00334. The topological polar surface area (TPSA) is 76.7 Å². The Balaban J connectivity index is 2.70. The van der Waals surface area contributed by atoms with Gasteiger partial charge in [0.1, 0.15) is 5.75 Å². The van der Waals surface area contributed by atoms with Crippen molar-refractivity contribution in [2.24, 2.45) is 0 Å². The molecule has 0 radical (unpaired) electrons. The van der Waals surface area contributed by atoms with E-state index >= 15 is 0 Å². The molecule has 0 aliphatic heterocycles. The molecule has 18 heavy (non-hydrogen) atoms. The lowest BCUT2D eigenvalue weighted by Gasteiger charge is -2.18. The number of hydrogen-bond donors (Lipinski definition) is 3. The summed E-state index contributed by atoms with van der Waals surface area (Å²) >= 11 is 0. The summed E-state index contributed by atoms with van der Waals surface area (Å²) in [6.45, 7) is 3.11. The van der Waals surface area contributed by atoms with E-state index in [1.807, 2.05) is 19.1 Å². The molecule has 0 spiro atoms. The van der Waals surface area contributed by atoms with Crippen LogP contribution < -0.4 is 15.8 Å². The van der Waals surface area contributed by atoms with Gasteiger partial charge in [-0.25, -0.2) is 0 Å². The van der Waals surface area contributed by atoms with Crippen molar-refractivity contribution in [3.63, 3.8) is 0 Å². The minimum Gasteiger partial charge on any atom is -0.491 e. The zero-order valence-corrected chi connectivity index (χ0v) is 11.0. The molecule has 5 heteroatoms. The van der Waals surface area contributed by atoms with Gasteiger partial charge in [0, 0.05) is 18.9 Å². The molecule has 4 N–H and O–H groups in total. The number of ether oxygens (including phenoxy) is 2. The van der Waals surface area contributed by atoms with E-state index in [0.717, 1.165) is 12.1 Å². The number of nitrogens with one attached hydrogen (secondary N) is 1. The maximum absolute atomic E-state index is 9.19. The predicted molar refractivity (Wildman–Crippen MR) is 73.0 cm³/mol. The van der Waals surface area contributed by atoms with Crippen molar-refractivity contribution >= 4 is 11.4 Å². The predicted octanol–water partition coefficient (Wildman–Crippen LogP) is 1.48. The van der Waals surface area contributed by atoms with Crippen LogP contribution in [0.25, 0.3) is 0 Å². The van der Waals surface area contributed by atoms with Crippen LogP contribution in [-0.2, 0) is 4.74 Å². The Morgan fingerprint density at radius 2 is 2.22 bits per heavy atom. The van der Waals surface area contributed by atoms with Crippen LogP contribution in [0.5, 0.6) is 5.75 Å². The maximum atomic E-state index is 9.19. The second kappa shape index (κ2) is 7.79. The van der Waals surface area contributed by atoms with Crippen molar-refractivity contribution in [2.45, 2.75) is 19.4 Å². The second-order valence-corrected chi connectivity index (χ2v) is 4.08. The average molecular weight is 254 g/mol. The summed E-state index contributed by atoms with van der Waals surface area (Å²) < 4.78 is 10.6. The van der Waals surface area contributed by atoms with Crippen molar-refractivity contribution in [2.75, 3.05) is 38.0 Å². The lowest BCUT2D eigenvalue weighted by Crippen LogP contribution is -2.28. The largest absolute Gasteiger partial charge is 0.491 e. The monoisotopic (exact) mass is 254 g/mol. The van der Waals surface area contributed by atoms with E-state index in [1.165, 1.54) is 0 Å². The van der Waals surface area contributed by atoms with Crippen molar-refractivity contribution in [1.82, 2.24) is 0 Å². The lowest BCUT2D eigenvalue weighted by molar-refractivity contribution is 0.153. The first-order chi connectivity index (χ1) is 8.71. The normalized spacial score (nSPS) is 12.2. The molecule has 1 atom stereocenters. The Labute approximate surface area is 108 Å². The minimum atomic E-state index is -0.141. The Morgan fingerprint density at radius 3 is 2.83 bits per heavy atom. The summed E-state index contributed by atoms with van der Waals surface area (Å²) in [5, 5.41) is 12.3. The smallest absolute Gasteiger partial charge is 0.144 e.